The minimum atomic E-state index is -0.508. The maximum Gasteiger partial charge on any atom is 0.411 e. The number of rotatable bonds is 10. The summed E-state index contributed by atoms with van der Waals surface area (Å²) in [5.74, 6) is 1.01. The first-order valence-electron chi connectivity index (χ1n) is 10.1. The standard InChI is InChI=1S/C22H28BrN3O5S/c1-4-5-6-7-12-31-22(28)24-15-8-10-16(11-9-15)26(32)21(27)25-18-13-17(23)19(29-2)14-20(18)30-3/h8-11,13-14,32H,4-7,12H2,1-3H3,(H,24,28)(H,25,27). The second-order valence-corrected chi connectivity index (χ2v) is 8.05. The van der Waals surface area contributed by atoms with Crippen LogP contribution >= 0.6 is 28.7 Å². The number of nitrogens with one attached hydrogen (secondary N) is 2. The third-order valence-corrected chi connectivity index (χ3v) is 5.53. The number of carbonyl (C=O) groups is 2. The van der Waals surface area contributed by atoms with Gasteiger partial charge in [-0.3, -0.25) is 5.32 Å². The summed E-state index contributed by atoms with van der Waals surface area (Å²) in [4.78, 5) is 24.5. The first-order chi connectivity index (χ1) is 15.4. The molecule has 3 amide bonds. The molecule has 0 radical (unpaired) electrons. The van der Waals surface area contributed by atoms with Crippen LogP contribution in [0.3, 0.4) is 0 Å². The predicted octanol–water partition coefficient (Wildman–Crippen LogP) is 6.48. The van der Waals surface area contributed by atoms with Crippen LogP contribution in [-0.2, 0) is 4.74 Å². The van der Waals surface area contributed by atoms with Crippen LogP contribution in [0.2, 0.25) is 0 Å². The molecule has 2 rings (SSSR count). The number of urea groups is 1. The minimum Gasteiger partial charge on any atom is -0.495 e. The van der Waals surface area contributed by atoms with Gasteiger partial charge in [0.25, 0.3) is 0 Å². The van der Waals surface area contributed by atoms with Crippen LogP contribution in [-0.4, -0.2) is 33.0 Å². The molecule has 8 nitrogen and oxygen atoms in total. The van der Waals surface area contributed by atoms with E-state index in [2.05, 4.69) is 46.3 Å². The van der Waals surface area contributed by atoms with Crippen molar-refractivity contribution in [3.05, 3.63) is 40.9 Å². The summed E-state index contributed by atoms with van der Waals surface area (Å²) < 4.78 is 17.5. The Balaban J connectivity index is 1.94. The van der Waals surface area contributed by atoms with Crippen molar-refractivity contribution < 1.29 is 23.8 Å². The molecule has 0 saturated carbocycles. The molecular weight excluding hydrogens is 498 g/mol. The Labute approximate surface area is 202 Å². The lowest BCUT2D eigenvalue weighted by atomic mass is 10.2. The number of amides is 3. The average Bonchev–Trinajstić information content (AvgIpc) is 2.79. The molecule has 0 bridgehead atoms. The summed E-state index contributed by atoms with van der Waals surface area (Å²) in [6.45, 7) is 2.52. The fourth-order valence-electron chi connectivity index (χ4n) is 2.78. The third-order valence-electron chi connectivity index (χ3n) is 4.50. The molecule has 2 aromatic carbocycles. The number of halogens is 1. The number of thiol groups is 1. The summed E-state index contributed by atoms with van der Waals surface area (Å²) in [5, 5.41) is 5.41. The number of benzene rings is 2. The van der Waals surface area contributed by atoms with Crippen molar-refractivity contribution in [3.8, 4) is 11.5 Å². The summed E-state index contributed by atoms with van der Waals surface area (Å²) in [6, 6.07) is 9.48. The quantitative estimate of drug-likeness (QED) is 0.244. The van der Waals surface area contributed by atoms with Gasteiger partial charge in [-0.2, -0.15) is 0 Å². The van der Waals surface area contributed by atoms with Gasteiger partial charge in [-0.05, 0) is 52.7 Å². The van der Waals surface area contributed by atoms with Crippen LogP contribution in [0.4, 0.5) is 26.7 Å². The highest BCUT2D eigenvalue weighted by Crippen LogP contribution is 2.36. The SMILES string of the molecule is CCCCCCOC(=O)Nc1ccc(N(S)C(=O)Nc2cc(Br)c(OC)cc2OC)cc1. The number of nitrogens with zero attached hydrogens (tertiary/aromatic N) is 1. The van der Waals surface area contributed by atoms with Crippen LogP contribution in [0.1, 0.15) is 32.6 Å². The molecular formula is C22H28BrN3O5S. The Morgan fingerprint density at radius 3 is 2.31 bits per heavy atom. The van der Waals surface area contributed by atoms with Crippen molar-refractivity contribution in [2.24, 2.45) is 0 Å². The van der Waals surface area contributed by atoms with E-state index in [9.17, 15) is 9.59 Å². The zero-order valence-electron chi connectivity index (χ0n) is 18.3. The zero-order valence-corrected chi connectivity index (χ0v) is 20.8. The van der Waals surface area contributed by atoms with Gasteiger partial charge in [0.1, 0.15) is 11.5 Å². The van der Waals surface area contributed by atoms with Gasteiger partial charge < -0.3 is 19.5 Å². The van der Waals surface area contributed by atoms with Crippen molar-refractivity contribution in [1.29, 1.82) is 0 Å². The number of unbranched alkanes of at least 4 members (excludes halogenated alkanes) is 3. The average molecular weight is 526 g/mol. The van der Waals surface area contributed by atoms with Gasteiger partial charge in [0.15, 0.2) is 0 Å². The van der Waals surface area contributed by atoms with E-state index < -0.39 is 12.1 Å². The molecule has 0 aliphatic rings. The first kappa shape index (κ1) is 25.7. The van der Waals surface area contributed by atoms with E-state index in [4.69, 9.17) is 14.2 Å². The van der Waals surface area contributed by atoms with Gasteiger partial charge in [0, 0.05) is 11.8 Å². The number of ether oxygens (including phenoxy) is 3. The normalized spacial score (nSPS) is 10.3. The summed E-state index contributed by atoms with van der Waals surface area (Å²) in [5.41, 5.74) is 1.51. The monoisotopic (exact) mass is 525 g/mol. The van der Waals surface area contributed by atoms with E-state index in [1.54, 1.807) is 43.5 Å². The number of hydrogen-bond donors (Lipinski definition) is 3. The minimum absolute atomic E-state index is 0.388. The molecule has 0 fully saturated rings. The van der Waals surface area contributed by atoms with Crippen molar-refractivity contribution >= 4 is 57.9 Å². The van der Waals surface area contributed by atoms with Crippen LogP contribution in [0.25, 0.3) is 0 Å². The molecule has 0 atom stereocenters. The fraction of sp³-hybridized carbons (Fsp3) is 0.364. The van der Waals surface area contributed by atoms with E-state index in [0.29, 0.717) is 39.6 Å². The Morgan fingerprint density at radius 2 is 1.69 bits per heavy atom. The van der Waals surface area contributed by atoms with Crippen LogP contribution in [0, 0.1) is 0 Å². The van der Waals surface area contributed by atoms with Crippen molar-refractivity contribution in [3.63, 3.8) is 0 Å². The van der Waals surface area contributed by atoms with Gasteiger partial charge >= 0.3 is 12.1 Å². The van der Waals surface area contributed by atoms with Crippen molar-refractivity contribution in [1.82, 2.24) is 0 Å². The molecule has 0 spiro atoms. The van der Waals surface area contributed by atoms with Crippen LogP contribution < -0.4 is 24.4 Å². The molecule has 0 heterocycles. The Hall–Kier alpha value is -2.59. The molecule has 0 aromatic heterocycles. The largest absolute Gasteiger partial charge is 0.495 e. The molecule has 0 unspecified atom stereocenters. The summed E-state index contributed by atoms with van der Waals surface area (Å²) in [7, 11) is 3.04. The second-order valence-electron chi connectivity index (χ2n) is 6.80. The molecule has 32 heavy (non-hydrogen) atoms. The predicted molar refractivity (Wildman–Crippen MR) is 133 cm³/mol. The first-order valence-corrected chi connectivity index (χ1v) is 11.3. The van der Waals surface area contributed by atoms with Crippen LogP contribution in [0.5, 0.6) is 11.5 Å². The highest BCUT2D eigenvalue weighted by molar-refractivity contribution is 9.10. The molecule has 0 saturated heterocycles. The molecule has 2 N–H and O–H groups in total. The number of carbonyl (C=O) groups excluding carboxylic acids is 2. The Bertz CT molecular complexity index is 911. The lowest BCUT2D eigenvalue weighted by Crippen LogP contribution is -2.27. The van der Waals surface area contributed by atoms with Gasteiger partial charge in [0.2, 0.25) is 0 Å². The van der Waals surface area contributed by atoms with Gasteiger partial charge in [-0.1, -0.05) is 39.0 Å². The van der Waals surface area contributed by atoms with E-state index in [1.165, 1.54) is 7.11 Å². The van der Waals surface area contributed by atoms with Gasteiger partial charge in [-0.25, -0.2) is 13.9 Å². The van der Waals surface area contributed by atoms with E-state index in [0.717, 1.165) is 30.0 Å². The molecule has 0 aliphatic heterocycles. The third kappa shape index (κ3) is 7.52. The molecule has 174 valence electrons. The number of methoxy groups -OCH3 is 2. The van der Waals surface area contributed by atoms with E-state index in [-0.39, 0.29) is 0 Å². The smallest absolute Gasteiger partial charge is 0.411 e. The van der Waals surface area contributed by atoms with Crippen molar-refractivity contribution in [2.45, 2.75) is 32.6 Å². The summed E-state index contributed by atoms with van der Waals surface area (Å²) >= 11 is 7.67. The maximum atomic E-state index is 12.6. The highest BCUT2D eigenvalue weighted by atomic mass is 79.9. The Kier molecular flexibility index (Phi) is 10.5. The highest BCUT2D eigenvalue weighted by Gasteiger charge is 2.17. The molecule has 2 aromatic rings. The topological polar surface area (TPSA) is 89.1 Å². The lowest BCUT2D eigenvalue weighted by molar-refractivity contribution is 0.159. The fourth-order valence-corrected chi connectivity index (χ4v) is 3.47. The number of hydrogen-bond acceptors (Lipinski definition) is 6. The Morgan fingerprint density at radius 1 is 1.00 bits per heavy atom. The van der Waals surface area contributed by atoms with Gasteiger partial charge in [-0.15, -0.1) is 0 Å². The van der Waals surface area contributed by atoms with Crippen molar-refractivity contribution in [2.75, 3.05) is 35.8 Å². The second kappa shape index (κ2) is 13.1. The molecule has 10 heteroatoms. The van der Waals surface area contributed by atoms with Crippen LogP contribution in [0.15, 0.2) is 40.9 Å². The van der Waals surface area contributed by atoms with E-state index in [1.807, 2.05) is 0 Å². The maximum absolute atomic E-state index is 12.6. The zero-order chi connectivity index (χ0) is 23.5. The summed E-state index contributed by atoms with van der Waals surface area (Å²) in [6.07, 6.45) is 3.64. The van der Waals surface area contributed by atoms with E-state index >= 15 is 0 Å². The van der Waals surface area contributed by atoms with Gasteiger partial charge in [0.05, 0.1) is 36.7 Å². The molecule has 0 aliphatic carbocycles. The number of anilines is 3. The lowest BCUT2D eigenvalue weighted by Gasteiger charge is -2.19.